The summed E-state index contributed by atoms with van der Waals surface area (Å²) in [4.78, 5) is 25.8. The van der Waals surface area contributed by atoms with Gasteiger partial charge in [-0.25, -0.2) is 4.39 Å². The first kappa shape index (κ1) is 18.6. The fourth-order valence-electron chi connectivity index (χ4n) is 2.44. The van der Waals surface area contributed by atoms with Crippen LogP contribution in [-0.2, 0) is 4.79 Å². The van der Waals surface area contributed by atoms with Crippen molar-refractivity contribution in [3.63, 3.8) is 0 Å². The Labute approximate surface area is 146 Å². The molecule has 0 aliphatic heterocycles. The zero-order valence-electron chi connectivity index (χ0n) is 14.3. The maximum Gasteiger partial charge on any atom is 0.251 e. The van der Waals surface area contributed by atoms with Gasteiger partial charge in [0, 0.05) is 12.1 Å². The van der Waals surface area contributed by atoms with Crippen LogP contribution in [0.1, 0.15) is 22.0 Å². The van der Waals surface area contributed by atoms with Crippen LogP contribution in [0.3, 0.4) is 0 Å². The van der Waals surface area contributed by atoms with Crippen LogP contribution < -0.4 is 10.6 Å². The van der Waals surface area contributed by atoms with Crippen LogP contribution in [0.4, 0.5) is 4.39 Å². The highest BCUT2D eigenvalue weighted by atomic mass is 19.1. The number of carbonyl (C=O) groups is 2. The van der Waals surface area contributed by atoms with E-state index in [4.69, 9.17) is 0 Å². The van der Waals surface area contributed by atoms with Gasteiger partial charge in [-0.2, -0.15) is 0 Å². The van der Waals surface area contributed by atoms with Crippen molar-refractivity contribution in [2.45, 2.75) is 6.04 Å². The van der Waals surface area contributed by atoms with E-state index in [1.165, 1.54) is 12.1 Å². The Balaban J connectivity index is 1.86. The van der Waals surface area contributed by atoms with Gasteiger partial charge in [0.1, 0.15) is 5.82 Å². The van der Waals surface area contributed by atoms with Gasteiger partial charge < -0.3 is 15.5 Å². The van der Waals surface area contributed by atoms with Crippen molar-refractivity contribution in [3.05, 3.63) is 71.5 Å². The van der Waals surface area contributed by atoms with Crippen LogP contribution in [0.25, 0.3) is 0 Å². The van der Waals surface area contributed by atoms with E-state index in [-0.39, 0.29) is 30.2 Å². The second kappa shape index (κ2) is 8.94. The number of halogens is 1. The average molecular weight is 343 g/mol. The van der Waals surface area contributed by atoms with Gasteiger partial charge in [-0.3, -0.25) is 9.59 Å². The molecule has 25 heavy (non-hydrogen) atoms. The zero-order valence-corrected chi connectivity index (χ0v) is 14.3. The van der Waals surface area contributed by atoms with Crippen LogP contribution in [0.5, 0.6) is 0 Å². The number of rotatable bonds is 7. The monoisotopic (exact) mass is 343 g/mol. The van der Waals surface area contributed by atoms with Crippen molar-refractivity contribution < 1.29 is 14.0 Å². The summed E-state index contributed by atoms with van der Waals surface area (Å²) in [5.74, 6) is -0.914. The van der Waals surface area contributed by atoms with Gasteiger partial charge in [0.25, 0.3) is 5.91 Å². The summed E-state index contributed by atoms with van der Waals surface area (Å²) in [5.41, 5.74) is 1.28. The van der Waals surface area contributed by atoms with Crippen molar-refractivity contribution in [2.24, 2.45) is 0 Å². The van der Waals surface area contributed by atoms with E-state index in [0.29, 0.717) is 12.1 Å². The van der Waals surface area contributed by atoms with Crippen LogP contribution in [0, 0.1) is 5.82 Å². The molecule has 1 unspecified atom stereocenters. The van der Waals surface area contributed by atoms with E-state index in [1.807, 2.05) is 31.1 Å². The molecule has 0 aromatic heterocycles. The lowest BCUT2D eigenvalue weighted by Crippen LogP contribution is -2.40. The standard InChI is InChI=1S/C19H22FN3O2/c1-23(2)17(15-9-6-10-16(20)11-15)12-21-18(24)13-22-19(25)14-7-4-3-5-8-14/h3-11,17H,12-13H2,1-2H3,(H,21,24)(H,22,25). The van der Waals surface area contributed by atoms with E-state index in [2.05, 4.69) is 10.6 Å². The number of carbonyl (C=O) groups excluding carboxylic acids is 2. The molecule has 2 aromatic rings. The molecular weight excluding hydrogens is 321 g/mol. The number of likely N-dealkylation sites (N-methyl/N-ethyl adjacent to an activating group) is 1. The molecule has 0 aliphatic carbocycles. The second-order valence-electron chi connectivity index (χ2n) is 5.89. The highest BCUT2D eigenvalue weighted by Crippen LogP contribution is 2.18. The van der Waals surface area contributed by atoms with Gasteiger partial charge in [0.15, 0.2) is 0 Å². The largest absolute Gasteiger partial charge is 0.353 e. The first-order chi connectivity index (χ1) is 12.0. The Kier molecular flexibility index (Phi) is 6.65. The third-order valence-corrected chi connectivity index (χ3v) is 3.79. The molecule has 132 valence electrons. The molecule has 5 nitrogen and oxygen atoms in total. The molecule has 0 aliphatic rings. The maximum atomic E-state index is 13.4. The van der Waals surface area contributed by atoms with Crippen LogP contribution in [0.2, 0.25) is 0 Å². The SMILES string of the molecule is CN(C)C(CNC(=O)CNC(=O)c1ccccc1)c1cccc(F)c1. The molecule has 0 spiro atoms. The smallest absolute Gasteiger partial charge is 0.251 e. The van der Waals surface area contributed by atoms with E-state index in [0.717, 1.165) is 5.56 Å². The van der Waals surface area contributed by atoms with Crippen molar-refractivity contribution in [3.8, 4) is 0 Å². The van der Waals surface area contributed by atoms with E-state index >= 15 is 0 Å². The summed E-state index contributed by atoms with van der Waals surface area (Å²) in [6.45, 7) is 0.202. The lowest BCUT2D eigenvalue weighted by Gasteiger charge is -2.25. The average Bonchev–Trinajstić information content (AvgIpc) is 2.60. The van der Waals surface area contributed by atoms with Gasteiger partial charge >= 0.3 is 0 Å². The Morgan fingerprint density at radius 1 is 1.04 bits per heavy atom. The normalized spacial score (nSPS) is 11.8. The number of nitrogens with one attached hydrogen (secondary N) is 2. The Morgan fingerprint density at radius 3 is 2.40 bits per heavy atom. The molecule has 6 heteroatoms. The predicted octanol–water partition coefficient (Wildman–Crippen LogP) is 1.97. The Morgan fingerprint density at radius 2 is 1.76 bits per heavy atom. The van der Waals surface area contributed by atoms with Crippen LogP contribution >= 0.6 is 0 Å². The molecule has 2 N–H and O–H groups in total. The van der Waals surface area contributed by atoms with Crippen LogP contribution in [0.15, 0.2) is 54.6 Å². The second-order valence-corrected chi connectivity index (χ2v) is 5.89. The highest BCUT2D eigenvalue weighted by Gasteiger charge is 2.16. The van der Waals surface area contributed by atoms with Crippen molar-refractivity contribution in [2.75, 3.05) is 27.2 Å². The summed E-state index contributed by atoms with van der Waals surface area (Å²) in [6.07, 6.45) is 0. The van der Waals surface area contributed by atoms with Gasteiger partial charge in [-0.15, -0.1) is 0 Å². The van der Waals surface area contributed by atoms with Crippen molar-refractivity contribution in [1.82, 2.24) is 15.5 Å². The molecule has 0 saturated heterocycles. The Bertz CT molecular complexity index is 720. The third-order valence-electron chi connectivity index (χ3n) is 3.79. The molecule has 0 saturated carbocycles. The first-order valence-electron chi connectivity index (χ1n) is 7.99. The van der Waals surface area contributed by atoms with Gasteiger partial charge in [0.2, 0.25) is 5.91 Å². The van der Waals surface area contributed by atoms with E-state index in [1.54, 1.807) is 30.3 Å². The summed E-state index contributed by atoms with van der Waals surface area (Å²) in [6, 6.07) is 14.8. The summed E-state index contributed by atoms with van der Waals surface area (Å²) < 4.78 is 13.4. The molecule has 0 bridgehead atoms. The first-order valence-corrected chi connectivity index (χ1v) is 7.99. The summed E-state index contributed by atoms with van der Waals surface area (Å²) in [7, 11) is 3.72. The number of hydrogen-bond donors (Lipinski definition) is 2. The zero-order chi connectivity index (χ0) is 18.2. The fraction of sp³-hybridized carbons (Fsp3) is 0.263. The lowest BCUT2D eigenvalue weighted by molar-refractivity contribution is -0.120. The molecular formula is C19H22FN3O2. The molecule has 0 fully saturated rings. The minimum Gasteiger partial charge on any atom is -0.353 e. The van der Waals surface area contributed by atoms with Crippen LogP contribution in [-0.4, -0.2) is 43.9 Å². The number of hydrogen-bond acceptors (Lipinski definition) is 3. The molecule has 2 amide bonds. The highest BCUT2D eigenvalue weighted by molar-refractivity contribution is 5.96. The number of amides is 2. The fourth-order valence-corrected chi connectivity index (χ4v) is 2.44. The third kappa shape index (κ3) is 5.69. The van der Waals surface area contributed by atoms with Gasteiger partial charge in [-0.1, -0.05) is 30.3 Å². The van der Waals surface area contributed by atoms with Gasteiger partial charge in [-0.05, 0) is 43.9 Å². The predicted molar refractivity (Wildman–Crippen MR) is 94.6 cm³/mol. The van der Waals surface area contributed by atoms with Gasteiger partial charge in [0.05, 0.1) is 12.6 Å². The molecule has 0 heterocycles. The molecule has 2 rings (SSSR count). The van der Waals surface area contributed by atoms with E-state index in [9.17, 15) is 14.0 Å². The molecule has 1 atom stereocenters. The summed E-state index contributed by atoms with van der Waals surface area (Å²) in [5, 5.41) is 5.35. The number of benzene rings is 2. The van der Waals surface area contributed by atoms with Crippen molar-refractivity contribution in [1.29, 1.82) is 0 Å². The topological polar surface area (TPSA) is 61.4 Å². The number of nitrogens with zero attached hydrogens (tertiary/aromatic N) is 1. The maximum absolute atomic E-state index is 13.4. The summed E-state index contributed by atoms with van der Waals surface area (Å²) >= 11 is 0. The quantitative estimate of drug-likeness (QED) is 0.808. The molecule has 2 aromatic carbocycles. The van der Waals surface area contributed by atoms with E-state index < -0.39 is 0 Å². The minimum absolute atomic E-state index is 0.114. The minimum atomic E-state index is -0.314. The molecule has 0 radical (unpaired) electrons. The van der Waals surface area contributed by atoms with Crippen molar-refractivity contribution >= 4 is 11.8 Å². The lowest BCUT2D eigenvalue weighted by atomic mass is 10.1. The Hall–Kier alpha value is -2.73.